The van der Waals surface area contributed by atoms with E-state index < -0.39 is 11.4 Å². The van der Waals surface area contributed by atoms with Gasteiger partial charge in [0.1, 0.15) is 0 Å². The highest BCUT2D eigenvalue weighted by Crippen LogP contribution is 2.27. The third-order valence-corrected chi connectivity index (χ3v) is 4.09. The molecule has 1 fully saturated rings. The number of aliphatic carboxylic acids is 1. The summed E-state index contributed by atoms with van der Waals surface area (Å²) in [7, 11) is 2.08. The second kappa shape index (κ2) is 5.67. The molecule has 1 aliphatic carbocycles. The minimum atomic E-state index is -0.669. The monoisotopic (exact) mass is 227 g/mol. The van der Waals surface area contributed by atoms with E-state index in [4.69, 9.17) is 0 Å². The van der Waals surface area contributed by atoms with Gasteiger partial charge in [-0.2, -0.15) is 0 Å². The van der Waals surface area contributed by atoms with E-state index in [1.54, 1.807) is 0 Å². The molecule has 3 nitrogen and oxygen atoms in total. The molecular formula is C13H25NO2. The molecule has 3 heteroatoms. The third-order valence-electron chi connectivity index (χ3n) is 4.09. The zero-order valence-corrected chi connectivity index (χ0v) is 10.8. The molecular weight excluding hydrogens is 202 g/mol. The van der Waals surface area contributed by atoms with Gasteiger partial charge in [0.2, 0.25) is 0 Å². The fourth-order valence-corrected chi connectivity index (χ4v) is 2.53. The van der Waals surface area contributed by atoms with E-state index >= 15 is 0 Å². The molecule has 0 bridgehead atoms. The van der Waals surface area contributed by atoms with Gasteiger partial charge in [0.05, 0.1) is 5.41 Å². The van der Waals surface area contributed by atoms with Crippen molar-refractivity contribution >= 4 is 5.97 Å². The lowest BCUT2D eigenvalue weighted by atomic mass is 9.85. The highest BCUT2D eigenvalue weighted by Gasteiger charge is 2.34. The summed E-state index contributed by atoms with van der Waals surface area (Å²) in [5, 5.41) is 9.25. The molecule has 1 unspecified atom stereocenters. The lowest BCUT2D eigenvalue weighted by Crippen LogP contribution is -2.44. The van der Waals surface area contributed by atoms with Crippen molar-refractivity contribution in [2.24, 2.45) is 5.41 Å². The average Bonchev–Trinajstić information content (AvgIpc) is 2.29. The molecule has 1 aliphatic rings. The zero-order chi connectivity index (χ0) is 12.2. The van der Waals surface area contributed by atoms with E-state index in [0.717, 1.165) is 0 Å². The topological polar surface area (TPSA) is 40.5 Å². The van der Waals surface area contributed by atoms with Crippen LogP contribution in [0.2, 0.25) is 0 Å². The number of rotatable bonds is 5. The van der Waals surface area contributed by atoms with Crippen LogP contribution in [0.4, 0.5) is 0 Å². The summed E-state index contributed by atoms with van der Waals surface area (Å²) in [6.45, 7) is 4.49. The minimum absolute atomic E-state index is 0.591. The molecule has 0 spiro atoms. The maximum absolute atomic E-state index is 11.2. The van der Waals surface area contributed by atoms with Crippen molar-refractivity contribution in [1.29, 1.82) is 0 Å². The molecule has 1 atom stereocenters. The van der Waals surface area contributed by atoms with Crippen molar-refractivity contribution < 1.29 is 9.90 Å². The zero-order valence-electron chi connectivity index (χ0n) is 10.8. The van der Waals surface area contributed by atoms with Gasteiger partial charge in [0, 0.05) is 12.6 Å². The first-order valence-corrected chi connectivity index (χ1v) is 6.43. The first-order chi connectivity index (χ1) is 7.49. The Labute approximate surface area is 98.8 Å². The van der Waals surface area contributed by atoms with E-state index in [1.165, 1.54) is 32.1 Å². The predicted octanol–water partition coefficient (Wildman–Crippen LogP) is 2.75. The second-order valence-corrected chi connectivity index (χ2v) is 5.43. The molecule has 1 rings (SSSR count). The molecule has 1 saturated carbocycles. The van der Waals surface area contributed by atoms with Crippen LogP contribution < -0.4 is 0 Å². The SMILES string of the molecule is CCC(C)(CN(C)C1CCCCC1)C(=O)O. The highest BCUT2D eigenvalue weighted by atomic mass is 16.4. The molecule has 0 aromatic heterocycles. The van der Waals surface area contributed by atoms with Crippen LogP contribution in [0.15, 0.2) is 0 Å². The second-order valence-electron chi connectivity index (χ2n) is 5.43. The predicted molar refractivity (Wildman–Crippen MR) is 65.5 cm³/mol. The fraction of sp³-hybridized carbons (Fsp3) is 0.923. The molecule has 0 heterocycles. The standard InChI is InChI=1S/C13H25NO2/c1-4-13(2,12(15)16)10-14(3)11-8-6-5-7-9-11/h11H,4-10H2,1-3H3,(H,15,16). The van der Waals surface area contributed by atoms with Crippen LogP contribution in [0, 0.1) is 5.41 Å². The molecule has 16 heavy (non-hydrogen) atoms. The van der Waals surface area contributed by atoms with Crippen LogP contribution in [0.25, 0.3) is 0 Å². The lowest BCUT2D eigenvalue weighted by Gasteiger charge is -2.36. The largest absolute Gasteiger partial charge is 0.481 e. The summed E-state index contributed by atoms with van der Waals surface area (Å²) in [4.78, 5) is 13.5. The Balaban J connectivity index is 2.53. The first-order valence-electron chi connectivity index (χ1n) is 6.43. The van der Waals surface area contributed by atoms with Crippen LogP contribution >= 0.6 is 0 Å². The summed E-state index contributed by atoms with van der Waals surface area (Å²) in [5.74, 6) is -0.669. The van der Waals surface area contributed by atoms with Crippen molar-refractivity contribution in [3.63, 3.8) is 0 Å². The summed E-state index contributed by atoms with van der Waals surface area (Å²) >= 11 is 0. The van der Waals surface area contributed by atoms with Gasteiger partial charge in [-0.25, -0.2) is 0 Å². The highest BCUT2D eigenvalue weighted by molar-refractivity contribution is 5.74. The van der Waals surface area contributed by atoms with Crippen molar-refractivity contribution in [2.45, 2.75) is 58.4 Å². The van der Waals surface area contributed by atoms with Crippen molar-refractivity contribution in [3.8, 4) is 0 Å². The number of hydrogen-bond acceptors (Lipinski definition) is 2. The van der Waals surface area contributed by atoms with Crippen LogP contribution in [0.3, 0.4) is 0 Å². The van der Waals surface area contributed by atoms with Gasteiger partial charge >= 0.3 is 5.97 Å². The Bertz CT molecular complexity index is 236. The molecule has 1 N–H and O–H groups in total. The summed E-state index contributed by atoms with van der Waals surface area (Å²) in [6.07, 6.45) is 7.09. The van der Waals surface area contributed by atoms with Crippen molar-refractivity contribution in [1.82, 2.24) is 4.90 Å². The number of nitrogens with zero attached hydrogens (tertiary/aromatic N) is 1. The Hall–Kier alpha value is -0.570. The molecule has 94 valence electrons. The number of carboxylic acids is 1. The number of hydrogen-bond donors (Lipinski definition) is 1. The summed E-state index contributed by atoms with van der Waals surface area (Å²) < 4.78 is 0. The van der Waals surface area contributed by atoms with Crippen molar-refractivity contribution in [3.05, 3.63) is 0 Å². The molecule has 0 aliphatic heterocycles. The number of carboxylic acid groups (broad SMARTS) is 1. The van der Waals surface area contributed by atoms with Gasteiger partial charge in [-0.1, -0.05) is 26.2 Å². The quantitative estimate of drug-likeness (QED) is 0.785. The molecule has 0 aromatic rings. The molecule has 0 saturated heterocycles. The maximum atomic E-state index is 11.2. The summed E-state index contributed by atoms with van der Waals surface area (Å²) in [6, 6.07) is 0.596. The summed E-state index contributed by atoms with van der Waals surface area (Å²) in [5.41, 5.74) is -0.591. The fourth-order valence-electron chi connectivity index (χ4n) is 2.53. The van der Waals surface area contributed by atoms with E-state index in [0.29, 0.717) is 19.0 Å². The lowest BCUT2D eigenvalue weighted by molar-refractivity contribution is -0.149. The van der Waals surface area contributed by atoms with E-state index in [1.807, 2.05) is 13.8 Å². The van der Waals surface area contributed by atoms with Gasteiger partial charge in [-0.05, 0) is 33.2 Å². The molecule has 0 aromatic carbocycles. The van der Waals surface area contributed by atoms with Crippen LogP contribution in [0.1, 0.15) is 52.4 Å². The van der Waals surface area contributed by atoms with Gasteiger partial charge in [0.25, 0.3) is 0 Å². The van der Waals surface area contributed by atoms with Gasteiger partial charge in [0.15, 0.2) is 0 Å². The Kier molecular flexibility index (Phi) is 4.78. The average molecular weight is 227 g/mol. The normalized spacial score (nSPS) is 22.0. The molecule has 0 radical (unpaired) electrons. The van der Waals surface area contributed by atoms with E-state index in [9.17, 15) is 9.90 Å². The smallest absolute Gasteiger partial charge is 0.310 e. The third kappa shape index (κ3) is 3.21. The van der Waals surface area contributed by atoms with Gasteiger partial charge < -0.3 is 10.0 Å². The Morgan fingerprint density at radius 3 is 2.38 bits per heavy atom. The van der Waals surface area contributed by atoms with Crippen molar-refractivity contribution in [2.75, 3.05) is 13.6 Å². The molecule has 0 amide bonds. The van der Waals surface area contributed by atoms with Gasteiger partial charge in [-0.15, -0.1) is 0 Å². The maximum Gasteiger partial charge on any atom is 0.310 e. The Morgan fingerprint density at radius 1 is 1.38 bits per heavy atom. The van der Waals surface area contributed by atoms with E-state index in [-0.39, 0.29) is 0 Å². The van der Waals surface area contributed by atoms with Crippen LogP contribution in [0.5, 0.6) is 0 Å². The van der Waals surface area contributed by atoms with Crippen LogP contribution in [-0.2, 0) is 4.79 Å². The van der Waals surface area contributed by atoms with E-state index in [2.05, 4.69) is 11.9 Å². The Morgan fingerprint density at radius 2 is 1.94 bits per heavy atom. The first kappa shape index (κ1) is 13.5. The van der Waals surface area contributed by atoms with Crippen LogP contribution in [-0.4, -0.2) is 35.6 Å². The minimum Gasteiger partial charge on any atom is -0.481 e. The number of carbonyl (C=O) groups is 1. The van der Waals surface area contributed by atoms with Gasteiger partial charge in [-0.3, -0.25) is 4.79 Å².